The summed E-state index contributed by atoms with van der Waals surface area (Å²) in [6.07, 6.45) is 0.665. The quantitative estimate of drug-likeness (QED) is 0.626. The smallest absolute Gasteiger partial charge is 0.128 e. The average molecular weight is 230 g/mol. The van der Waals surface area contributed by atoms with Crippen LogP contribution >= 0.6 is 0 Å². The molecule has 3 heteroatoms. The zero-order valence-corrected chi connectivity index (χ0v) is 9.44. The van der Waals surface area contributed by atoms with E-state index in [1.165, 1.54) is 6.07 Å². The fourth-order valence-electron chi connectivity index (χ4n) is 1.87. The largest absolute Gasteiger partial charge is 0.271 e. The lowest BCUT2D eigenvalue weighted by Crippen LogP contribution is -2.30. The highest BCUT2D eigenvalue weighted by atomic mass is 19.1. The van der Waals surface area contributed by atoms with Crippen LogP contribution < -0.4 is 11.3 Å². The molecule has 0 fully saturated rings. The lowest BCUT2D eigenvalue weighted by atomic mass is 9.99. The van der Waals surface area contributed by atoms with E-state index in [1.54, 1.807) is 12.1 Å². The summed E-state index contributed by atoms with van der Waals surface area (Å²) in [5, 5.41) is 0. The minimum absolute atomic E-state index is 0.210. The minimum Gasteiger partial charge on any atom is -0.271 e. The van der Waals surface area contributed by atoms with Crippen molar-refractivity contribution in [2.75, 3.05) is 0 Å². The summed E-state index contributed by atoms with van der Waals surface area (Å²) in [6, 6.07) is 16.4. The Labute approximate surface area is 100 Å². The molecule has 0 spiro atoms. The number of nitrogens with two attached hydrogens (primary N) is 1. The van der Waals surface area contributed by atoms with Crippen LogP contribution in [0.4, 0.5) is 4.39 Å². The normalized spacial score (nSPS) is 12.4. The van der Waals surface area contributed by atoms with Crippen molar-refractivity contribution in [1.82, 2.24) is 5.43 Å². The molecule has 88 valence electrons. The van der Waals surface area contributed by atoms with Gasteiger partial charge in [-0.2, -0.15) is 0 Å². The first kappa shape index (κ1) is 11.8. The summed E-state index contributed by atoms with van der Waals surface area (Å²) in [5.41, 5.74) is 4.39. The van der Waals surface area contributed by atoms with Crippen LogP contribution in [-0.2, 0) is 6.42 Å². The van der Waals surface area contributed by atoms with E-state index in [9.17, 15) is 4.39 Å². The number of nitrogens with one attached hydrogen (secondary N) is 1. The molecular formula is C14H15FN2. The summed E-state index contributed by atoms with van der Waals surface area (Å²) >= 11 is 0. The van der Waals surface area contributed by atoms with E-state index in [0.717, 1.165) is 5.56 Å². The van der Waals surface area contributed by atoms with Gasteiger partial charge in [0.1, 0.15) is 5.82 Å². The maximum Gasteiger partial charge on any atom is 0.128 e. The zero-order chi connectivity index (χ0) is 12.1. The summed E-state index contributed by atoms with van der Waals surface area (Å²) in [7, 11) is 0. The summed E-state index contributed by atoms with van der Waals surface area (Å²) in [6.45, 7) is 0. The highest BCUT2D eigenvalue weighted by Crippen LogP contribution is 2.20. The topological polar surface area (TPSA) is 38.0 Å². The second-order valence-corrected chi connectivity index (χ2v) is 3.93. The molecule has 0 heterocycles. The number of hydrogen-bond acceptors (Lipinski definition) is 2. The highest BCUT2D eigenvalue weighted by Gasteiger charge is 2.13. The first-order valence-electron chi connectivity index (χ1n) is 5.55. The van der Waals surface area contributed by atoms with E-state index in [-0.39, 0.29) is 11.9 Å². The molecule has 0 aliphatic rings. The Morgan fingerprint density at radius 2 is 1.65 bits per heavy atom. The van der Waals surface area contributed by atoms with Gasteiger partial charge in [0.15, 0.2) is 0 Å². The average Bonchev–Trinajstić information content (AvgIpc) is 2.38. The predicted octanol–water partition coefficient (Wildman–Crippen LogP) is 2.57. The summed E-state index contributed by atoms with van der Waals surface area (Å²) in [5.74, 6) is 5.27. The van der Waals surface area contributed by atoms with Crippen LogP contribution in [0.1, 0.15) is 17.2 Å². The second-order valence-electron chi connectivity index (χ2n) is 3.93. The van der Waals surface area contributed by atoms with Crippen LogP contribution in [0.3, 0.4) is 0 Å². The first-order valence-corrected chi connectivity index (χ1v) is 5.55. The number of rotatable bonds is 4. The van der Waals surface area contributed by atoms with E-state index < -0.39 is 0 Å². The van der Waals surface area contributed by atoms with Crippen molar-refractivity contribution in [3.05, 3.63) is 71.5 Å². The molecule has 1 atom stereocenters. The zero-order valence-electron chi connectivity index (χ0n) is 9.44. The summed E-state index contributed by atoms with van der Waals surface area (Å²) < 4.78 is 13.6. The van der Waals surface area contributed by atoms with Gasteiger partial charge in [-0.25, -0.2) is 4.39 Å². The van der Waals surface area contributed by atoms with Gasteiger partial charge < -0.3 is 0 Å². The maximum absolute atomic E-state index is 13.6. The molecule has 17 heavy (non-hydrogen) atoms. The fraction of sp³-hybridized carbons (Fsp3) is 0.143. The lowest BCUT2D eigenvalue weighted by molar-refractivity contribution is 0.510. The van der Waals surface area contributed by atoms with E-state index >= 15 is 0 Å². The molecular weight excluding hydrogens is 215 g/mol. The molecule has 2 nitrogen and oxygen atoms in total. The fourth-order valence-corrected chi connectivity index (χ4v) is 1.87. The Bertz CT molecular complexity index is 471. The molecule has 0 bridgehead atoms. The third kappa shape index (κ3) is 2.90. The Morgan fingerprint density at radius 3 is 2.29 bits per heavy atom. The van der Waals surface area contributed by atoms with Gasteiger partial charge in [-0.05, 0) is 18.1 Å². The molecule has 1 unspecified atom stereocenters. The minimum atomic E-state index is -0.230. The van der Waals surface area contributed by atoms with E-state index in [4.69, 9.17) is 5.84 Å². The Kier molecular flexibility index (Phi) is 3.85. The summed E-state index contributed by atoms with van der Waals surface area (Å²) in [4.78, 5) is 0. The lowest BCUT2D eigenvalue weighted by Gasteiger charge is -2.17. The van der Waals surface area contributed by atoms with Crippen LogP contribution in [0.15, 0.2) is 54.6 Å². The van der Waals surface area contributed by atoms with Gasteiger partial charge >= 0.3 is 0 Å². The third-order valence-electron chi connectivity index (χ3n) is 2.76. The molecule has 0 aliphatic heterocycles. The standard InChI is InChI=1S/C14H15FN2/c15-13-9-5-4-8-12(13)14(17-16)10-11-6-2-1-3-7-11/h1-9,14,17H,10,16H2. The van der Waals surface area contributed by atoms with Crippen molar-refractivity contribution >= 4 is 0 Å². The van der Waals surface area contributed by atoms with E-state index in [1.807, 2.05) is 36.4 Å². The van der Waals surface area contributed by atoms with Crippen LogP contribution in [0.2, 0.25) is 0 Å². The van der Waals surface area contributed by atoms with Crippen molar-refractivity contribution in [1.29, 1.82) is 0 Å². The van der Waals surface area contributed by atoms with Crippen LogP contribution in [0.5, 0.6) is 0 Å². The Hall–Kier alpha value is -1.71. The van der Waals surface area contributed by atoms with Gasteiger partial charge in [-0.1, -0.05) is 48.5 Å². The van der Waals surface area contributed by atoms with E-state index in [0.29, 0.717) is 12.0 Å². The van der Waals surface area contributed by atoms with Gasteiger partial charge in [0, 0.05) is 5.56 Å². The monoisotopic (exact) mass is 230 g/mol. The van der Waals surface area contributed by atoms with Gasteiger partial charge in [0.25, 0.3) is 0 Å². The van der Waals surface area contributed by atoms with Crippen molar-refractivity contribution < 1.29 is 4.39 Å². The first-order chi connectivity index (χ1) is 8.31. The molecule has 0 radical (unpaired) electrons. The number of benzene rings is 2. The van der Waals surface area contributed by atoms with Gasteiger partial charge in [-0.15, -0.1) is 0 Å². The highest BCUT2D eigenvalue weighted by molar-refractivity contribution is 5.24. The molecule has 3 N–H and O–H groups in total. The maximum atomic E-state index is 13.6. The number of hydrogen-bond donors (Lipinski definition) is 2. The molecule has 0 saturated carbocycles. The molecule has 0 amide bonds. The predicted molar refractivity (Wildman–Crippen MR) is 66.6 cm³/mol. The van der Waals surface area contributed by atoms with E-state index in [2.05, 4.69) is 5.43 Å². The molecule has 2 aromatic rings. The Balaban J connectivity index is 2.21. The number of hydrazine groups is 1. The van der Waals surface area contributed by atoms with Gasteiger partial charge in [0.2, 0.25) is 0 Å². The second kappa shape index (κ2) is 5.57. The number of halogens is 1. The van der Waals surface area contributed by atoms with Crippen LogP contribution in [0, 0.1) is 5.82 Å². The van der Waals surface area contributed by atoms with Gasteiger partial charge in [-0.3, -0.25) is 11.3 Å². The van der Waals surface area contributed by atoms with Crippen molar-refractivity contribution in [3.63, 3.8) is 0 Å². The SMILES string of the molecule is NNC(Cc1ccccc1)c1ccccc1F. The molecule has 0 aromatic heterocycles. The van der Waals surface area contributed by atoms with Crippen molar-refractivity contribution in [2.24, 2.45) is 5.84 Å². The molecule has 2 rings (SSSR count). The van der Waals surface area contributed by atoms with Gasteiger partial charge in [0.05, 0.1) is 6.04 Å². The Morgan fingerprint density at radius 1 is 1.00 bits per heavy atom. The molecule has 0 saturated heterocycles. The van der Waals surface area contributed by atoms with Crippen LogP contribution in [0.25, 0.3) is 0 Å². The van der Waals surface area contributed by atoms with Crippen molar-refractivity contribution in [2.45, 2.75) is 12.5 Å². The van der Waals surface area contributed by atoms with Crippen molar-refractivity contribution in [3.8, 4) is 0 Å². The van der Waals surface area contributed by atoms with Crippen LogP contribution in [-0.4, -0.2) is 0 Å². The molecule has 0 aliphatic carbocycles. The molecule has 2 aromatic carbocycles. The third-order valence-corrected chi connectivity index (χ3v) is 2.76.